The fourth-order valence-corrected chi connectivity index (χ4v) is 2.48. The maximum Gasteiger partial charge on any atom is 0.198 e. The number of hydrogen-bond acceptors (Lipinski definition) is 4. The van der Waals surface area contributed by atoms with Crippen molar-refractivity contribution >= 4 is 21.7 Å². The Labute approximate surface area is 128 Å². The van der Waals surface area contributed by atoms with E-state index >= 15 is 0 Å². The molecular formula is C15H20BrN3O. The average molecular weight is 338 g/mol. The van der Waals surface area contributed by atoms with E-state index in [2.05, 4.69) is 52.0 Å². The second kappa shape index (κ2) is 6.39. The van der Waals surface area contributed by atoms with Crippen LogP contribution in [0.3, 0.4) is 0 Å². The lowest BCUT2D eigenvalue weighted by Crippen LogP contribution is -2.08. The van der Waals surface area contributed by atoms with Crippen LogP contribution in [-0.4, -0.2) is 16.5 Å². The van der Waals surface area contributed by atoms with Crippen LogP contribution in [-0.2, 0) is 6.42 Å². The maximum absolute atomic E-state index is 5.52. The molecule has 2 rings (SSSR count). The molecule has 4 nitrogen and oxygen atoms in total. The van der Waals surface area contributed by atoms with Gasteiger partial charge in [-0.05, 0) is 53.7 Å². The number of aryl methyl sites for hydroxylation is 1. The SMILES string of the molecule is CCNc1nc(-c2occc2C)nc(CC(C)C)c1Br. The minimum atomic E-state index is 0.529. The van der Waals surface area contributed by atoms with Crippen molar-refractivity contribution in [3.63, 3.8) is 0 Å². The monoisotopic (exact) mass is 337 g/mol. The van der Waals surface area contributed by atoms with Gasteiger partial charge in [0.1, 0.15) is 5.82 Å². The van der Waals surface area contributed by atoms with Gasteiger partial charge >= 0.3 is 0 Å². The van der Waals surface area contributed by atoms with Crippen LogP contribution < -0.4 is 5.32 Å². The van der Waals surface area contributed by atoms with Crippen LogP contribution in [0.25, 0.3) is 11.6 Å². The lowest BCUT2D eigenvalue weighted by Gasteiger charge is -2.13. The summed E-state index contributed by atoms with van der Waals surface area (Å²) in [6, 6.07) is 1.93. The highest BCUT2D eigenvalue weighted by Gasteiger charge is 2.17. The fraction of sp³-hybridized carbons (Fsp3) is 0.467. The molecule has 0 bridgehead atoms. The Kier molecular flexibility index (Phi) is 4.81. The van der Waals surface area contributed by atoms with Crippen LogP contribution in [0.1, 0.15) is 32.0 Å². The van der Waals surface area contributed by atoms with Crippen LogP contribution in [0.5, 0.6) is 0 Å². The van der Waals surface area contributed by atoms with Gasteiger partial charge in [0.15, 0.2) is 11.6 Å². The zero-order chi connectivity index (χ0) is 14.7. The van der Waals surface area contributed by atoms with E-state index in [0.717, 1.165) is 40.3 Å². The Hall–Kier alpha value is -1.36. The van der Waals surface area contributed by atoms with Gasteiger partial charge in [-0.2, -0.15) is 0 Å². The lowest BCUT2D eigenvalue weighted by atomic mass is 10.1. The summed E-state index contributed by atoms with van der Waals surface area (Å²) >= 11 is 3.61. The van der Waals surface area contributed by atoms with Crippen molar-refractivity contribution < 1.29 is 4.42 Å². The Bertz CT molecular complexity index is 593. The van der Waals surface area contributed by atoms with E-state index in [1.165, 1.54) is 0 Å². The molecule has 0 aliphatic carbocycles. The zero-order valence-corrected chi connectivity index (χ0v) is 13.9. The standard InChI is InChI=1S/C15H20BrN3O/c1-5-17-14-12(16)11(8-9(2)3)18-15(19-14)13-10(4)6-7-20-13/h6-7,9H,5,8H2,1-4H3,(H,17,18,19). The number of nitrogens with one attached hydrogen (secondary N) is 1. The van der Waals surface area contributed by atoms with Crippen molar-refractivity contribution in [3.05, 3.63) is 28.1 Å². The van der Waals surface area contributed by atoms with Gasteiger partial charge in [-0.25, -0.2) is 9.97 Å². The number of furan rings is 1. The number of anilines is 1. The molecule has 1 N–H and O–H groups in total. The van der Waals surface area contributed by atoms with Crippen molar-refractivity contribution in [1.29, 1.82) is 0 Å². The normalized spacial score (nSPS) is 11.1. The number of hydrogen-bond donors (Lipinski definition) is 1. The third-order valence-corrected chi connectivity index (χ3v) is 3.76. The Morgan fingerprint density at radius 2 is 2.10 bits per heavy atom. The number of rotatable bonds is 5. The molecule has 20 heavy (non-hydrogen) atoms. The summed E-state index contributed by atoms with van der Waals surface area (Å²) in [6.45, 7) is 9.22. The third kappa shape index (κ3) is 3.20. The molecule has 0 aliphatic heterocycles. The molecule has 0 saturated heterocycles. The third-order valence-electron chi connectivity index (χ3n) is 2.93. The predicted octanol–water partition coefficient (Wildman–Crippen LogP) is 4.44. The Morgan fingerprint density at radius 3 is 2.65 bits per heavy atom. The lowest BCUT2D eigenvalue weighted by molar-refractivity contribution is 0.573. The van der Waals surface area contributed by atoms with E-state index in [1.54, 1.807) is 6.26 Å². The van der Waals surface area contributed by atoms with E-state index in [-0.39, 0.29) is 0 Å². The predicted molar refractivity (Wildman–Crippen MR) is 84.9 cm³/mol. The first-order valence-electron chi connectivity index (χ1n) is 6.87. The number of nitrogens with zero attached hydrogens (tertiary/aromatic N) is 2. The molecule has 0 radical (unpaired) electrons. The number of halogens is 1. The van der Waals surface area contributed by atoms with E-state index < -0.39 is 0 Å². The molecule has 0 amide bonds. The molecule has 0 saturated carbocycles. The fourth-order valence-electron chi connectivity index (χ4n) is 2.00. The van der Waals surface area contributed by atoms with Crippen molar-refractivity contribution in [1.82, 2.24) is 9.97 Å². The second-order valence-corrected chi connectivity index (χ2v) is 6.01. The molecule has 0 unspecified atom stereocenters. The van der Waals surface area contributed by atoms with Gasteiger partial charge in [0.05, 0.1) is 16.4 Å². The van der Waals surface area contributed by atoms with E-state index in [0.29, 0.717) is 11.7 Å². The van der Waals surface area contributed by atoms with Crippen LogP contribution in [0, 0.1) is 12.8 Å². The molecule has 0 aliphatic rings. The summed E-state index contributed by atoms with van der Waals surface area (Å²) < 4.78 is 6.46. The van der Waals surface area contributed by atoms with Crippen LogP contribution in [0.4, 0.5) is 5.82 Å². The zero-order valence-electron chi connectivity index (χ0n) is 12.3. The largest absolute Gasteiger partial charge is 0.461 e. The Morgan fingerprint density at radius 1 is 1.35 bits per heavy atom. The maximum atomic E-state index is 5.52. The molecule has 2 aromatic rings. The highest BCUT2D eigenvalue weighted by atomic mass is 79.9. The van der Waals surface area contributed by atoms with E-state index in [4.69, 9.17) is 4.42 Å². The quantitative estimate of drug-likeness (QED) is 0.876. The molecule has 2 heterocycles. The summed E-state index contributed by atoms with van der Waals surface area (Å²) in [7, 11) is 0. The summed E-state index contributed by atoms with van der Waals surface area (Å²) in [5.74, 6) is 2.73. The first-order valence-corrected chi connectivity index (χ1v) is 7.67. The molecule has 108 valence electrons. The first kappa shape index (κ1) is 15.0. The van der Waals surface area contributed by atoms with Crippen molar-refractivity contribution in [2.45, 2.75) is 34.1 Å². The van der Waals surface area contributed by atoms with Crippen LogP contribution in [0.15, 0.2) is 21.2 Å². The van der Waals surface area contributed by atoms with Crippen LogP contribution in [0.2, 0.25) is 0 Å². The minimum Gasteiger partial charge on any atom is -0.461 e. The van der Waals surface area contributed by atoms with Gasteiger partial charge in [0, 0.05) is 6.54 Å². The molecular weight excluding hydrogens is 318 g/mol. The summed E-state index contributed by atoms with van der Waals surface area (Å²) in [6.07, 6.45) is 2.57. The highest BCUT2D eigenvalue weighted by molar-refractivity contribution is 9.10. The molecule has 0 fully saturated rings. The van der Waals surface area contributed by atoms with Gasteiger partial charge < -0.3 is 9.73 Å². The summed E-state index contributed by atoms with van der Waals surface area (Å²) in [5.41, 5.74) is 2.06. The van der Waals surface area contributed by atoms with Gasteiger partial charge in [-0.3, -0.25) is 0 Å². The van der Waals surface area contributed by atoms with Crippen molar-refractivity contribution in [2.75, 3.05) is 11.9 Å². The topological polar surface area (TPSA) is 51.0 Å². The van der Waals surface area contributed by atoms with Crippen molar-refractivity contribution in [3.8, 4) is 11.6 Å². The Balaban J connectivity index is 2.52. The second-order valence-electron chi connectivity index (χ2n) is 5.22. The molecule has 2 aromatic heterocycles. The molecule has 0 aromatic carbocycles. The van der Waals surface area contributed by atoms with Gasteiger partial charge in [0.2, 0.25) is 0 Å². The van der Waals surface area contributed by atoms with Gasteiger partial charge in [-0.1, -0.05) is 13.8 Å². The first-order chi connectivity index (χ1) is 9.52. The summed E-state index contributed by atoms with van der Waals surface area (Å²) in [4.78, 5) is 9.24. The van der Waals surface area contributed by atoms with E-state index in [9.17, 15) is 0 Å². The van der Waals surface area contributed by atoms with Crippen molar-refractivity contribution in [2.24, 2.45) is 5.92 Å². The highest BCUT2D eigenvalue weighted by Crippen LogP contribution is 2.30. The van der Waals surface area contributed by atoms with Gasteiger partial charge in [-0.15, -0.1) is 0 Å². The average Bonchev–Trinajstić information content (AvgIpc) is 2.80. The summed E-state index contributed by atoms with van der Waals surface area (Å²) in [5, 5.41) is 3.27. The van der Waals surface area contributed by atoms with Crippen LogP contribution >= 0.6 is 15.9 Å². The molecule has 5 heteroatoms. The van der Waals surface area contributed by atoms with Gasteiger partial charge in [0.25, 0.3) is 0 Å². The number of aromatic nitrogens is 2. The molecule has 0 atom stereocenters. The minimum absolute atomic E-state index is 0.529. The smallest absolute Gasteiger partial charge is 0.198 e. The molecule has 0 spiro atoms. The van der Waals surface area contributed by atoms with E-state index in [1.807, 2.05) is 13.0 Å².